The lowest BCUT2D eigenvalue weighted by atomic mass is 9.93. The van der Waals surface area contributed by atoms with Crippen LogP contribution in [0.5, 0.6) is 0 Å². The van der Waals surface area contributed by atoms with Gasteiger partial charge in [0, 0.05) is 19.2 Å². The van der Waals surface area contributed by atoms with Gasteiger partial charge in [-0.25, -0.2) is 4.98 Å². The molecule has 1 rings (SSSR count). The van der Waals surface area contributed by atoms with Crippen LogP contribution < -0.4 is 16.4 Å². The molecule has 0 aliphatic heterocycles. The molecule has 0 fully saturated rings. The molecule has 7 nitrogen and oxygen atoms in total. The molecule has 0 amide bonds. The van der Waals surface area contributed by atoms with Gasteiger partial charge in [-0.2, -0.15) is 0 Å². The zero-order valence-electron chi connectivity index (χ0n) is 12.3. The van der Waals surface area contributed by atoms with E-state index in [9.17, 15) is 10.1 Å². The fraction of sp³-hybridized carbons (Fsp3) is 0.615. The van der Waals surface area contributed by atoms with Crippen molar-refractivity contribution >= 4 is 17.3 Å². The summed E-state index contributed by atoms with van der Waals surface area (Å²) < 4.78 is 0. The average Bonchev–Trinajstić information content (AvgIpc) is 2.37. The first-order chi connectivity index (χ1) is 9.30. The summed E-state index contributed by atoms with van der Waals surface area (Å²) in [6.45, 7) is 8.29. The summed E-state index contributed by atoms with van der Waals surface area (Å²) in [6, 6.07) is 3.03. The standard InChI is InChI=1S/C13H23N5O2/c1-4-7-17(9-13(2,3)8-14)11-6-5-10(18(19)20)12(15)16-11/h5-6H,4,7-9,14H2,1-3H3,(H2,15,16). The number of nitrogens with two attached hydrogens (primary N) is 2. The van der Waals surface area contributed by atoms with Gasteiger partial charge >= 0.3 is 5.69 Å². The normalized spacial score (nSPS) is 11.4. The van der Waals surface area contributed by atoms with Crippen LogP contribution in [-0.2, 0) is 0 Å². The molecule has 0 bridgehead atoms. The number of rotatable bonds is 7. The Morgan fingerprint density at radius 3 is 2.55 bits per heavy atom. The second-order valence-corrected chi connectivity index (χ2v) is 5.62. The third-order valence-corrected chi connectivity index (χ3v) is 3.07. The Morgan fingerprint density at radius 2 is 2.10 bits per heavy atom. The average molecular weight is 281 g/mol. The van der Waals surface area contributed by atoms with Crippen molar-refractivity contribution in [2.75, 3.05) is 30.3 Å². The Hall–Kier alpha value is -1.89. The quantitative estimate of drug-likeness (QED) is 0.582. The maximum atomic E-state index is 10.8. The molecule has 0 unspecified atom stereocenters. The second kappa shape index (κ2) is 6.51. The molecule has 20 heavy (non-hydrogen) atoms. The number of hydrogen-bond donors (Lipinski definition) is 2. The van der Waals surface area contributed by atoms with Crippen LogP contribution in [0.4, 0.5) is 17.3 Å². The van der Waals surface area contributed by atoms with Gasteiger partial charge in [-0.05, 0) is 24.4 Å². The molecular weight excluding hydrogens is 258 g/mol. The first-order valence-electron chi connectivity index (χ1n) is 6.66. The molecule has 1 aromatic rings. The Labute approximate surface area is 119 Å². The molecule has 0 aromatic carbocycles. The van der Waals surface area contributed by atoms with E-state index in [1.165, 1.54) is 6.07 Å². The van der Waals surface area contributed by atoms with Crippen LogP contribution in [0, 0.1) is 15.5 Å². The first-order valence-corrected chi connectivity index (χ1v) is 6.66. The smallest absolute Gasteiger partial charge is 0.311 e. The largest absolute Gasteiger partial charge is 0.378 e. The van der Waals surface area contributed by atoms with Crippen molar-refractivity contribution in [1.82, 2.24) is 4.98 Å². The van der Waals surface area contributed by atoms with Crippen molar-refractivity contribution in [3.8, 4) is 0 Å². The molecule has 0 aliphatic rings. The lowest BCUT2D eigenvalue weighted by molar-refractivity contribution is -0.384. The first kappa shape index (κ1) is 16.2. The second-order valence-electron chi connectivity index (χ2n) is 5.62. The molecule has 7 heteroatoms. The van der Waals surface area contributed by atoms with E-state index in [0.29, 0.717) is 12.4 Å². The van der Waals surface area contributed by atoms with Gasteiger partial charge in [0.05, 0.1) is 4.92 Å². The van der Waals surface area contributed by atoms with Gasteiger partial charge in [0.25, 0.3) is 0 Å². The molecule has 0 spiro atoms. The van der Waals surface area contributed by atoms with Gasteiger partial charge in [0.1, 0.15) is 5.82 Å². The zero-order valence-corrected chi connectivity index (χ0v) is 12.3. The van der Waals surface area contributed by atoms with Gasteiger partial charge in [-0.3, -0.25) is 10.1 Å². The maximum Gasteiger partial charge on any atom is 0.311 e. The Bertz CT molecular complexity index is 476. The van der Waals surface area contributed by atoms with E-state index in [1.807, 2.05) is 0 Å². The number of hydrogen-bond acceptors (Lipinski definition) is 6. The van der Waals surface area contributed by atoms with Crippen LogP contribution in [0.2, 0.25) is 0 Å². The van der Waals surface area contributed by atoms with Crippen molar-refractivity contribution in [3.05, 3.63) is 22.2 Å². The number of nitrogens with zero attached hydrogens (tertiary/aromatic N) is 3. The molecule has 0 aliphatic carbocycles. The highest BCUT2D eigenvalue weighted by Crippen LogP contribution is 2.25. The lowest BCUT2D eigenvalue weighted by Crippen LogP contribution is -2.39. The van der Waals surface area contributed by atoms with Gasteiger partial charge in [-0.1, -0.05) is 20.8 Å². The van der Waals surface area contributed by atoms with Gasteiger partial charge < -0.3 is 16.4 Å². The van der Waals surface area contributed by atoms with Crippen LogP contribution >= 0.6 is 0 Å². The molecule has 0 atom stereocenters. The summed E-state index contributed by atoms with van der Waals surface area (Å²) in [4.78, 5) is 16.4. The van der Waals surface area contributed by atoms with Crippen molar-refractivity contribution in [3.63, 3.8) is 0 Å². The maximum absolute atomic E-state index is 10.8. The SMILES string of the molecule is CCCN(CC(C)(C)CN)c1ccc([N+](=O)[O-])c(N)n1. The summed E-state index contributed by atoms with van der Waals surface area (Å²) >= 11 is 0. The van der Waals surface area contributed by atoms with E-state index in [2.05, 4.69) is 30.7 Å². The summed E-state index contributed by atoms with van der Waals surface area (Å²) in [5.41, 5.74) is 11.2. The third kappa shape index (κ3) is 4.06. The van der Waals surface area contributed by atoms with E-state index < -0.39 is 4.92 Å². The minimum atomic E-state index is -0.528. The molecule has 1 aromatic heterocycles. The minimum absolute atomic E-state index is 0.0563. The highest BCUT2D eigenvalue weighted by Gasteiger charge is 2.22. The van der Waals surface area contributed by atoms with Crippen molar-refractivity contribution in [1.29, 1.82) is 0 Å². The van der Waals surface area contributed by atoms with E-state index >= 15 is 0 Å². The molecule has 0 radical (unpaired) electrons. The molecular formula is C13H23N5O2. The van der Waals surface area contributed by atoms with Crippen molar-refractivity contribution in [2.24, 2.45) is 11.1 Å². The van der Waals surface area contributed by atoms with E-state index in [0.717, 1.165) is 19.5 Å². The van der Waals surface area contributed by atoms with Crippen LogP contribution in [0.25, 0.3) is 0 Å². The summed E-state index contributed by atoms with van der Waals surface area (Å²) in [7, 11) is 0. The van der Waals surface area contributed by atoms with E-state index in [1.54, 1.807) is 6.07 Å². The van der Waals surface area contributed by atoms with Crippen molar-refractivity contribution in [2.45, 2.75) is 27.2 Å². The lowest BCUT2D eigenvalue weighted by Gasteiger charge is -2.32. The fourth-order valence-electron chi connectivity index (χ4n) is 1.91. The van der Waals surface area contributed by atoms with Crippen LogP contribution in [0.15, 0.2) is 12.1 Å². The topological polar surface area (TPSA) is 111 Å². The number of aromatic nitrogens is 1. The molecule has 0 saturated heterocycles. The minimum Gasteiger partial charge on any atom is -0.378 e. The number of anilines is 2. The Balaban J connectivity index is 3.03. The van der Waals surface area contributed by atoms with Gasteiger partial charge in [0.15, 0.2) is 0 Å². The predicted molar refractivity (Wildman–Crippen MR) is 80.6 cm³/mol. The van der Waals surface area contributed by atoms with Crippen LogP contribution in [-0.4, -0.2) is 29.5 Å². The summed E-state index contributed by atoms with van der Waals surface area (Å²) in [5.74, 6) is 0.593. The molecule has 1 heterocycles. The number of nitro groups is 1. The highest BCUT2D eigenvalue weighted by molar-refractivity contribution is 5.58. The summed E-state index contributed by atoms with van der Waals surface area (Å²) in [6.07, 6.45) is 0.944. The third-order valence-electron chi connectivity index (χ3n) is 3.07. The van der Waals surface area contributed by atoms with Crippen LogP contribution in [0.3, 0.4) is 0 Å². The predicted octanol–water partition coefficient (Wildman–Crippen LogP) is 1.77. The number of pyridine rings is 1. The highest BCUT2D eigenvalue weighted by atomic mass is 16.6. The molecule has 112 valence electrons. The molecule has 4 N–H and O–H groups in total. The monoisotopic (exact) mass is 281 g/mol. The van der Waals surface area contributed by atoms with E-state index in [4.69, 9.17) is 11.5 Å². The fourth-order valence-corrected chi connectivity index (χ4v) is 1.91. The van der Waals surface area contributed by atoms with Crippen LogP contribution in [0.1, 0.15) is 27.2 Å². The number of nitrogen functional groups attached to an aromatic ring is 1. The Kier molecular flexibility index (Phi) is 5.26. The van der Waals surface area contributed by atoms with Gasteiger partial charge in [-0.15, -0.1) is 0 Å². The van der Waals surface area contributed by atoms with Gasteiger partial charge in [0.2, 0.25) is 5.82 Å². The summed E-state index contributed by atoms with van der Waals surface area (Å²) in [5, 5.41) is 10.8. The van der Waals surface area contributed by atoms with Crippen molar-refractivity contribution < 1.29 is 4.92 Å². The molecule has 0 saturated carbocycles. The Morgan fingerprint density at radius 1 is 1.45 bits per heavy atom. The zero-order chi connectivity index (χ0) is 15.3. The van der Waals surface area contributed by atoms with E-state index in [-0.39, 0.29) is 16.9 Å².